The van der Waals surface area contributed by atoms with Crippen molar-refractivity contribution in [1.29, 1.82) is 0 Å². The molecule has 2 aromatic carbocycles. The van der Waals surface area contributed by atoms with Crippen LogP contribution in [0.3, 0.4) is 0 Å². The number of nitrogens with zero attached hydrogens (tertiary/aromatic N) is 2. The fourth-order valence-electron chi connectivity index (χ4n) is 4.90. The van der Waals surface area contributed by atoms with Gasteiger partial charge in [0.2, 0.25) is 11.8 Å². The molecule has 7 nitrogen and oxygen atoms in total. The Balaban J connectivity index is 1.37. The summed E-state index contributed by atoms with van der Waals surface area (Å²) in [6, 6.07) is 17.2. The van der Waals surface area contributed by atoms with Crippen molar-refractivity contribution < 1.29 is 19.5 Å². The lowest BCUT2D eigenvalue weighted by atomic mass is 9.91. The molecule has 1 unspecified atom stereocenters. The molecule has 0 saturated carbocycles. The number of aryl methyl sites for hydroxylation is 1. The van der Waals surface area contributed by atoms with Gasteiger partial charge in [-0.1, -0.05) is 42.5 Å². The van der Waals surface area contributed by atoms with Crippen LogP contribution in [0.4, 0.5) is 0 Å². The second-order valence-electron chi connectivity index (χ2n) is 9.20. The van der Waals surface area contributed by atoms with Gasteiger partial charge in [-0.3, -0.25) is 19.4 Å². The minimum absolute atomic E-state index is 0.00398. The number of piperidine rings is 1. The molecule has 1 aromatic heterocycles. The molecule has 0 bridgehead atoms. The quantitative estimate of drug-likeness (QED) is 0.469. The number of aliphatic carboxylic acids is 1. The van der Waals surface area contributed by atoms with Crippen molar-refractivity contribution in [3.05, 3.63) is 78.1 Å². The molecule has 7 heteroatoms. The van der Waals surface area contributed by atoms with Gasteiger partial charge in [-0.25, -0.2) is 0 Å². The number of likely N-dealkylation sites (tertiary alicyclic amines) is 1. The van der Waals surface area contributed by atoms with Gasteiger partial charge >= 0.3 is 5.97 Å². The van der Waals surface area contributed by atoms with Crippen molar-refractivity contribution in [2.24, 2.45) is 5.92 Å². The molecule has 0 aliphatic carbocycles. The third kappa shape index (κ3) is 6.66. The molecule has 1 aliphatic rings. The Kier molecular flexibility index (Phi) is 8.08. The predicted molar refractivity (Wildman–Crippen MR) is 134 cm³/mol. The van der Waals surface area contributed by atoms with Gasteiger partial charge in [0.15, 0.2) is 0 Å². The van der Waals surface area contributed by atoms with Crippen LogP contribution in [0.15, 0.2) is 67.0 Å². The lowest BCUT2D eigenvalue weighted by Gasteiger charge is -2.32. The maximum absolute atomic E-state index is 13.0. The normalized spacial score (nSPS) is 16.7. The monoisotopic (exact) mass is 473 g/mol. The van der Waals surface area contributed by atoms with E-state index < -0.39 is 12.0 Å². The van der Waals surface area contributed by atoms with Crippen molar-refractivity contribution in [2.45, 2.75) is 44.6 Å². The summed E-state index contributed by atoms with van der Waals surface area (Å²) < 4.78 is 0. The molecule has 1 aliphatic heterocycles. The summed E-state index contributed by atoms with van der Waals surface area (Å²) in [4.78, 5) is 43.0. The van der Waals surface area contributed by atoms with Crippen LogP contribution in [0.25, 0.3) is 10.8 Å². The Hall–Kier alpha value is -3.74. The lowest BCUT2D eigenvalue weighted by Crippen LogP contribution is -2.49. The molecular weight excluding hydrogens is 442 g/mol. The molecule has 1 saturated heterocycles. The summed E-state index contributed by atoms with van der Waals surface area (Å²) in [6.45, 7) is 0.501. The van der Waals surface area contributed by atoms with E-state index in [0.29, 0.717) is 13.0 Å². The van der Waals surface area contributed by atoms with E-state index in [9.17, 15) is 19.5 Å². The molecule has 182 valence electrons. The Morgan fingerprint density at radius 2 is 1.86 bits per heavy atom. The van der Waals surface area contributed by atoms with E-state index in [-0.39, 0.29) is 30.7 Å². The van der Waals surface area contributed by atoms with E-state index in [0.717, 1.165) is 47.6 Å². The van der Waals surface area contributed by atoms with Crippen molar-refractivity contribution >= 4 is 28.6 Å². The number of pyridine rings is 1. The van der Waals surface area contributed by atoms with Crippen LogP contribution in [0, 0.1) is 5.92 Å². The van der Waals surface area contributed by atoms with Crippen LogP contribution in [0.1, 0.15) is 36.8 Å². The van der Waals surface area contributed by atoms with Crippen molar-refractivity contribution in [1.82, 2.24) is 15.2 Å². The highest BCUT2D eigenvalue weighted by atomic mass is 16.4. The van der Waals surface area contributed by atoms with Crippen LogP contribution in [0.2, 0.25) is 0 Å². The average Bonchev–Trinajstić information content (AvgIpc) is 2.85. The fourth-order valence-corrected chi connectivity index (χ4v) is 4.90. The van der Waals surface area contributed by atoms with Crippen LogP contribution in [-0.4, -0.2) is 51.9 Å². The SMILES string of the molecule is O=C(O)CC(Cc1cccc2ccccc12)NC(=O)CN1CCC[C@@H](CCc2ccncc2)C1=O. The first-order valence-corrected chi connectivity index (χ1v) is 12.1. The fraction of sp³-hybridized carbons (Fsp3) is 0.357. The number of hydrogen-bond acceptors (Lipinski definition) is 4. The molecule has 0 radical (unpaired) electrons. The Bertz CT molecular complexity index is 1180. The molecule has 2 N–H and O–H groups in total. The van der Waals surface area contributed by atoms with Crippen molar-refractivity contribution in [3.8, 4) is 0 Å². The second-order valence-corrected chi connectivity index (χ2v) is 9.20. The van der Waals surface area contributed by atoms with Crippen LogP contribution >= 0.6 is 0 Å². The van der Waals surface area contributed by atoms with Gasteiger partial charge < -0.3 is 15.3 Å². The molecular formula is C28H31N3O4. The molecule has 35 heavy (non-hydrogen) atoms. The number of hydrogen-bond donors (Lipinski definition) is 2. The molecule has 2 amide bonds. The highest BCUT2D eigenvalue weighted by molar-refractivity contribution is 5.87. The second kappa shape index (κ2) is 11.6. The van der Waals surface area contributed by atoms with Crippen LogP contribution in [-0.2, 0) is 27.2 Å². The first-order chi connectivity index (χ1) is 17.0. The molecule has 2 atom stereocenters. The topological polar surface area (TPSA) is 99.6 Å². The smallest absolute Gasteiger partial charge is 0.305 e. The zero-order chi connectivity index (χ0) is 24.6. The van der Waals surface area contributed by atoms with Gasteiger partial charge in [-0.05, 0) is 66.1 Å². The maximum Gasteiger partial charge on any atom is 0.305 e. The van der Waals surface area contributed by atoms with Gasteiger partial charge in [0.1, 0.15) is 0 Å². The molecule has 2 heterocycles. The molecule has 3 aromatic rings. The maximum atomic E-state index is 13.0. The number of carboxylic acids is 1. The zero-order valence-electron chi connectivity index (χ0n) is 19.7. The minimum atomic E-state index is -0.972. The number of carbonyl (C=O) groups excluding carboxylic acids is 2. The van der Waals surface area contributed by atoms with Crippen LogP contribution in [0.5, 0.6) is 0 Å². The summed E-state index contributed by atoms with van der Waals surface area (Å²) in [5.74, 6) is -1.39. The first kappa shape index (κ1) is 24.4. The van der Waals surface area contributed by atoms with Gasteiger partial charge in [0.25, 0.3) is 0 Å². The first-order valence-electron chi connectivity index (χ1n) is 12.1. The molecule has 0 spiro atoms. The highest BCUT2D eigenvalue weighted by Crippen LogP contribution is 2.23. The van der Waals surface area contributed by atoms with E-state index in [1.807, 2.05) is 54.6 Å². The van der Waals surface area contributed by atoms with Crippen molar-refractivity contribution in [3.63, 3.8) is 0 Å². The van der Waals surface area contributed by atoms with Crippen LogP contribution < -0.4 is 5.32 Å². The summed E-state index contributed by atoms with van der Waals surface area (Å²) >= 11 is 0. The van der Waals surface area contributed by atoms with Gasteiger partial charge in [-0.2, -0.15) is 0 Å². The largest absolute Gasteiger partial charge is 0.481 e. The Morgan fingerprint density at radius 3 is 2.66 bits per heavy atom. The number of nitrogens with one attached hydrogen (secondary N) is 1. The van der Waals surface area contributed by atoms with Crippen molar-refractivity contribution in [2.75, 3.05) is 13.1 Å². The van der Waals surface area contributed by atoms with E-state index >= 15 is 0 Å². The van der Waals surface area contributed by atoms with Gasteiger partial charge in [-0.15, -0.1) is 0 Å². The Labute approximate surface area is 205 Å². The minimum Gasteiger partial charge on any atom is -0.481 e. The number of fused-ring (bicyclic) bond motifs is 1. The van der Waals surface area contributed by atoms with Gasteiger partial charge in [0.05, 0.1) is 13.0 Å². The number of aromatic nitrogens is 1. The lowest BCUT2D eigenvalue weighted by molar-refractivity contribution is -0.143. The summed E-state index contributed by atoms with van der Waals surface area (Å²) in [7, 11) is 0. The average molecular weight is 474 g/mol. The summed E-state index contributed by atoms with van der Waals surface area (Å²) in [6.07, 6.45) is 6.94. The molecule has 4 rings (SSSR count). The number of rotatable bonds is 10. The van der Waals surface area contributed by atoms with E-state index in [1.54, 1.807) is 17.3 Å². The van der Waals surface area contributed by atoms with Gasteiger partial charge in [0, 0.05) is 30.9 Å². The predicted octanol–water partition coefficient (Wildman–Crippen LogP) is 3.61. The third-order valence-electron chi connectivity index (χ3n) is 6.64. The summed E-state index contributed by atoms with van der Waals surface area (Å²) in [5, 5.41) is 14.4. The van der Waals surface area contributed by atoms with E-state index in [4.69, 9.17) is 0 Å². The highest BCUT2D eigenvalue weighted by Gasteiger charge is 2.30. The standard InChI is InChI=1S/C28H31N3O4/c32-26(19-31-16-4-8-22(28(31)35)11-10-20-12-14-29-15-13-20)30-24(18-27(33)34)17-23-7-3-6-21-5-1-2-9-25(21)23/h1-3,5-7,9,12-15,22,24H,4,8,10-11,16-19H2,(H,30,32)(H,33,34)/t22-,24?/m0/s1. The third-order valence-corrected chi connectivity index (χ3v) is 6.64. The number of carboxylic acid groups (broad SMARTS) is 1. The number of amides is 2. The molecule has 1 fully saturated rings. The summed E-state index contributed by atoms with van der Waals surface area (Å²) in [5.41, 5.74) is 2.13. The van der Waals surface area contributed by atoms with E-state index in [2.05, 4.69) is 10.3 Å². The van der Waals surface area contributed by atoms with E-state index in [1.165, 1.54) is 0 Å². The number of benzene rings is 2. The zero-order valence-corrected chi connectivity index (χ0v) is 19.7. The Morgan fingerprint density at radius 1 is 1.09 bits per heavy atom. The number of carbonyl (C=O) groups is 3.